The molecule has 0 unspecified atom stereocenters. The van der Waals surface area contributed by atoms with E-state index in [1.165, 1.54) is 12.1 Å². The third kappa shape index (κ3) is 2.71. The molecule has 0 saturated carbocycles. The first kappa shape index (κ1) is 10.0. The summed E-state index contributed by atoms with van der Waals surface area (Å²) < 4.78 is 25.5. The van der Waals surface area contributed by atoms with Crippen molar-refractivity contribution in [2.75, 3.05) is 5.88 Å². The van der Waals surface area contributed by atoms with Gasteiger partial charge in [0.2, 0.25) is 0 Å². The lowest BCUT2D eigenvalue weighted by molar-refractivity contribution is 0.506. The monoisotopic (exact) mass is 200 g/mol. The van der Waals surface area contributed by atoms with Gasteiger partial charge in [0.15, 0.2) is 11.6 Å². The Balaban J connectivity index is 2.91. The van der Waals surface area contributed by atoms with Crippen LogP contribution in [-0.2, 0) is 0 Å². The van der Waals surface area contributed by atoms with Crippen molar-refractivity contribution in [3.8, 4) is 11.8 Å². The highest BCUT2D eigenvalue weighted by Crippen LogP contribution is 2.09. The Hall–Kier alpha value is -1.07. The van der Waals surface area contributed by atoms with Gasteiger partial charge in [0, 0.05) is 12.3 Å². The highest BCUT2D eigenvalue weighted by Gasteiger charge is 2.03. The van der Waals surface area contributed by atoms with Gasteiger partial charge in [0.05, 0.1) is 5.56 Å². The first-order chi connectivity index (χ1) is 6.25. The molecule has 0 saturated heterocycles. The summed E-state index contributed by atoms with van der Waals surface area (Å²) in [5.74, 6) is 3.75. The Morgan fingerprint density at radius 3 is 2.77 bits per heavy atom. The van der Waals surface area contributed by atoms with Gasteiger partial charge >= 0.3 is 0 Å². The van der Waals surface area contributed by atoms with Crippen LogP contribution in [0, 0.1) is 23.5 Å². The number of halogens is 3. The van der Waals surface area contributed by atoms with Crippen molar-refractivity contribution in [2.24, 2.45) is 0 Å². The predicted octanol–water partition coefficient (Wildman–Crippen LogP) is 2.95. The lowest BCUT2D eigenvalue weighted by Crippen LogP contribution is -1.88. The Kier molecular flexibility index (Phi) is 3.72. The molecular formula is C10H7ClF2. The van der Waals surface area contributed by atoms with Crippen LogP contribution in [-0.4, -0.2) is 5.88 Å². The van der Waals surface area contributed by atoms with E-state index in [1.54, 1.807) is 0 Å². The van der Waals surface area contributed by atoms with Gasteiger partial charge < -0.3 is 0 Å². The van der Waals surface area contributed by atoms with Crippen LogP contribution in [0.25, 0.3) is 0 Å². The molecule has 0 N–H and O–H groups in total. The predicted molar refractivity (Wildman–Crippen MR) is 48.6 cm³/mol. The SMILES string of the molecule is Fc1cccc(C#CCCCl)c1F. The minimum atomic E-state index is -0.899. The molecule has 0 nitrogen and oxygen atoms in total. The van der Waals surface area contributed by atoms with Crippen LogP contribution in [0.3, 0.4) is 0 Å². The summed E-state index contributed by atoms with van der Waals surface area (Å²) in [5, 5.41) is 0. The van der Waals surface area contributed by atoms with Crippen LogP contribution in [0.1, 0.15) is 12.0 Å². The lowest BCUT2D eigenvalue weighted by Gasteiger charge is -1.93. The number of hydrogen-bond acceptors (Lipinski definition) is 0. The van der Waals surface area contributed by atoms with Crippen LogP contribution in [0.5, 0.6) is 0 Å². The second-order valence-corrected chi connectivity index (χ2v) is 2.72. The minimum absolute atomic E-state index is 0.0742. The molecule has 0 spiro atoms. The summed E-state index contributed by atoms with van der Waals surface area (Å²) in [6, 6.07) is 3.91. The fourth-order valence-corrected chi connectivity index (χ4v) is 0.900. The van der Waals surface area contributed by atoms with E-state index in [2.05, 4.69) is 11.8 Å². The molecular weight excluding hydrogens is 194 g/mol. The fraction of sp³-hybridized carbons (Fsp3) is 0.200. The molecule has 0 aliphatic rings. The summed E-state index contributed by atoms with van der Waals surface area (Å²) >= 11 is 5.37. The zero-order valence-corrected chi connectivity index (χ0v) is 7.54. The van der Waals surface area contributed by atoms with Crippen molar-refractivity contribution in [3.05, 3.63) is 35.4 Å². The van der Waals surface area contributed by atoms with E-state index < -0.39 is 11.6 Å². The summed E-state index contributed by atoms with van der Waals surface area (Å²) in [6.07, 6.45) is 0.470. The van der Waals surface area contributed by atoms with Gasteiger partial charge in [0.25, 0.3) is 0 Å². The van der Waals surface area contributed by atoms with Gasteiger partial charge in [-0.2, -0.15) is 0 Å². The van der Waals surface area contributed by atoms with E-state index in [-0.39, 0.29) is 5.56 Å². The Morgan fingerprint density at radius 1 is 1.31 bits per heavy atom. The molecule has 0 bridgehead atoms. The molecule has 1 aromatic carbocycles. The molecule has 68 valence electrons. The van der Waals surface area contributed by atoms with Crippen molar-refractivity contribution in [1.82, 2.24) is 0 Å². The summed E-state index contributed by atoms with van der Waals surface area (Å²) in [7, 11) is 0. The van der Waals surface area contributed by atoms with E-state index in [0.717, 1.165) is 6.07 Å². The zero-order valence-electron chi connectivity index (χ0n) is 6.78. The van der Waals surface area contributed by atoms with E-state index >= 15 is 0 Å². The van der Waals surface area contributed by atoms with Gasteiger partial charge in [0.1, 0.15) is 0 Å². The maximum Gasteiger partial charge on any atom is 0.174 e. The average Bonchev–Trinajstić information content (AvgIpc) is 2.13. The van der Waals surface area contributed by atoms with Gasteiger partial charge in [-0.3, -0.25) is 0 Å². The van der Waals surface area contributed by atoms with E-state index in [9.17, 15) is 8.78 Å². The average molecular weight is 201 g/mol. The van der Waals surface area contributed by atoms with Crippen LogP contribution in [0.2, 0.25) is 0 Å². The summed E-state index contributed by atoms with van der Waals surface area (Å²) in [5.41, 5.74) is 0.0742. The highest BCUT2D eigenvalue weighted by molar-refractivity contribution is 6.18. The topological polar surface area (TPSA) is 0 Å². The Bertz CT molecular complexity index is 350. The first-order valence-electron chi connectivity index (χ1n) is 3.74. The maximum atomic E-state index is 12.9. The highest BCUT2D eigenvalue weighted by atomic mass is 35.5. The lowest BCUT2D eigenvalue weighted by atomic mass is 10.2. The second kappa shape index (κ2) is 4.84. The van der Waals surface area contributed by atoms with E-state index in [4.69, 9.17) is 11.6 Å². The van der Waals surface area contributed by atoms with Gasteiger partial charge in [-0.1, -0.05) is 17.9 Å². The molecule has 0 atom stereocenters. The first-order valence-corrected chi connectivity index (χ1v) is 4.28. The van der Waals surface area contributed by atoms with Crippen LogP contribution in [0.4, 0.5) is 8.78 Å². The summed E-state index contributed by atoms with van der Waals surface area (Å²) in [6.45, 7) is 0. The molecule has 0 aromatic heterocycles. The zero-order chi connectivity index (χ0) is 9.68. The smallest absolute Gasteiger partial charge is 0.174 e. The summed E-state index contributed by atoms with van der Waals surface area (Å²) in [4.78, 5) is 0. The molecule has 0 radical (unpaired) electrons. The van der Waals surface area contributed by atoms with Crippen molar-refractivity contribution in [2.45, 2.75) is 6.42 Å². The molecule has 0 amide bonds. The van der Waals surface area contributed by atoms with Crippen molar-refractivity contribution < 1.29 is 8.78 Å². The number of alkyl halides is 1. The van der Waals surface area contributed by atoms with Crippen molar-refractivity contribution in [3.63, 3.8) is 0 Å². The van der Waals surface area contributed by atoms with Crippen molar-refractivity contribution >= 4 is 11.6 Å². The largest absolute Gasteiger partial charge is 0.204 e. The third-order valence-corrected chi connectivity index (χ3v) is 1.58. The standard InChI is InChI=1S/C10H7ClF2/c11-7-2-1-4-8-5-3-6-9(12)10(8)13/h3,5-6H,2,7H2. The maximum absolute atomic E-state index is 12.9. The normalized spacial score (nSPS) is 9.15. The Labute approximate surface area is 80.5 Å². The molecule has 13 heavy (non-hydrogen) atoms. The molecule has 0 heterocycles. The molecule has 3 heteroatoms. The van der Waals surface area contributed by atoms with Crippen LogP contribution >= 0.6 is 11.6 Å². The fourth-order valence-electron chi connectivity index (χ4n) is 0.805. The minimum Gasteiger partial charge on any atom is -0.204 e. The van der Waals surface area contributed by atoms with Crippen LogP contribution in [0.15, 0.2) is 18.2 Å². The molecule has 0 fully saturated rings. The van der Waals surface area contributed by atoms with Crippen molar-refractivity contribution in [1.29, 1.82) is 0 Å². The van der Waals surface area contributed by atoms with Gasteiger partial charge in [-0.15, -0.1) is 11.6 Å². The van der Waals surface area contributed by atoms with Gasteiger partial charge in [-0.25, -0.2) is 8.78 Å². The third-order valence-electron chi connectivity index (χ3n) is 1.39. The van der Waals surface area contributed by atoms with Gasteiger partial charge in [-0.05, 0) is 12.1 Å². The molecule has 1 rings (SSSR count). The quantitative estimate of drug-likeness (QED) is 0.483. The molecule has 0 aliphatic carbocycles. The van der Waals surface area contributed by atoms with E-state index in [1.807, 2.05) is 0 Å². The number of hydrogen-bond donors (Lipinski definition) is 0. The van der Waals surface area contributed by atoms with E-state index in [0.29, 0.717) is 12.3 Å². The molecule has 1 aromatic rings. The second-order valence-electron chi connectivity index (χ2n) is 2.34. The number of benzene rings is 1. The molecule has 0 aliphatic heterocycles. The van der Waals surface area contributed by atoms with Crippen LogP contribution < -0.4 is 0 Å². The number of rotatable bonds is 1. The Morgan fingerprint density at radius 2 is 2.08 bits per heavy atom.